The minimum absolute atomic E-state index is 0.000568. The van der Waals surface area contributed by atoms with Crippen LogP contribution in [-0.2, 0) is 21.4 Å². The van der Waals surface area contributed by atoms with Crippen molar-refractivity contribution in [3.63, 3.8) is 0 Å². The van der Waals surface area contributed by atoms with E-state index in [1.165, 1.54) is 25.3 Å². The Morgan fingerprint density at radius 2 is 1.97 bits per heavy atom. The third-order valence-corrected chi connectivity index (χ3v) is 6.05. The molecule has 0 atom stereocenters. The number of hydrogen-bond acceptors (Lipinski definition) is 5. The summed E-state index contributed by atoms with van der Waals surface area (Å²) in [4.78, 5) is 12.3. The number of amides is 1. The van der Waals surface area contributed by atoms with E-state index in [0.717, 1.165) is 18.4 Å². The van der Waals surface area contributed by atoms with Gasteiger partial charge in [0.1, 0.15) is 11.6 Å². The molecule has 1 aliphatic rings. The van der Waals surface area contributed by atoms with Crippen molar-refractivity contribution >= 4 is 21.6 Å². The number of methoxy groups -OCH3 is 1. The molecular formula is C20H24FN3O4S. The molecule has 1 fully saturated rings. The standard InChI is InChI=1S/C20H24FN3O4S/c1-13-9-14(3-7-17(13)21)11-23-20(25)12-22-18-10-16(6-8-19(18)28-2)29(26,27)24-15-4-5-15/h3,6-10,15,22,24H,4-5,11-12H2,1-2H3,(H,23,25). The number of nitrogens with one attached hydrogen (secondary N) is 3. The molecule has 3 N–H and O–H groups in total. The van der Waals surface area contributed by atoms with Gasteiger partial charge in [-0.25, -0.2) is 17.5 Å². The van der Waals surface area contributed by atoms with E-state index >= 15 is 0 Å². The van der Waals surface area contributed by atoms with Crippen LogP contribution in [0.5, 0.6) is 5.75 Å². The van der Waals surface area contributed by atoms with Gasteiger partial charge in [0, 0.05) is 12.6 Å². The van der Waals surface area contributed by atoms with E-state index in [-0.39, 0.29) is 35.8 Å². The fourth-order valence-electron chi connectivity index (χ4n) is 2.74. The van der Waals surface area contributed by atoms with Crippen LogP contribution >= 0.6 is 0 Å². The molecule has 0 aromatic heterocycles. The lowest BCUT2D eigenvalue weighted by molar-refractivity contribution is -0.119. The number of benzene rings is 2. The molecule has 3 rings (SSSR count). The Bertz CT molecular complexity index is 1010. The molecule has 9 heteroatoms. The Morgan fingerprint density at radius 3 is 2.62 bits per heavy atom. The highest BCUT2D eigenvalue weighted by molar-refractivity contribution is 7.89. The average molecular weight is 421 g/mol. The molecule has 1 aliphatic carbocycles. The maximum Gasteiger partial charge on any atom is 0.240 e. The minimum Gasteiger partial charge on any atom is -0.495 e. The van der Waals surface area contributed by atoms with Crippen molar-refractivity contribution in [2.75, 3.05) is 19.0 Å². The number of anilines is 1. The normalized spacial score (nSPS) is 13.8. The predicted molar refractivity (Wildman–Crippen MR) is 108 cm³/mol. The van der Waals surface area contributed by atoms with Crippen LogP contribution in [0.15, 0.2) is 41.3 Å². The Balaban J connectivity index is 1.61. The third kappa shape index (κ3) is 5.68. The van der Waals surface area contributed by atoms with E-state index < -0.39 is 10.0 Å². The van der Waals surface area contributed by atoms with Crippen molar-refractivity contribution < 1.29 is 22.3 Å². The second-order valence-corrected chi connectivity index (χ2v) is 8.69. The van der Waals surface area contributed by atoms with Crippen LogP contribution in [-0.4, -0.2) is 34.0 Å². The van der Waals surface area contributed by atoms with Crippen molar-refractivity contribution in [2.24, 2.45) is 0 Å². The van der Waals surface area contributed by atoms with Gasteiger partial charge < -0.3 is 15.4 Å². The molecule has 0 spiro atoms. The largest absolute Gasteiger partial charge is 0.495 e. The lowest BCUT2D eigenvalue weighted by atomic mass is 10.1. The monoisotopic (exact) mass is 421 g/mol. The molecule has 1 amide bonds. The van der Waals surface area contributed by atoms with E-state index in [1.54, 1.807) is 25.1 Å². The van der Waals surface area contributed by atoms with E-state index in [1.807, 2.05) is 0 Å². The maximum absolute atomic E-state index is 13.3. The van der Waals surface area contributed by atoms with Gasteiger partial charge >= 0.3 is 0 Å². The lowest BCUT2D eigenvalue weighted by Gasteiger charge is -2.14. The molecule has 156 valence electrons. The molecular weight excluding hydrogens is 397 g/mol. The van der Waals surface area contributed by atoms with Crippen LogP contribution in [0.3, 0.4) is 0 Å². The van der Waals surface area contributed by atoms with Crippen LogP contribution in [0.25, 0.3) is 0 Å². The third-order valence-electron chi connectivity index (χ3n) is 4.53. The number of aryl methyl sites for hydroxylation is 1. The summed E-state index contributed by atoms with van der Waals surface area (Å²) in [7, 11) is -2.15. The maximum atomic E-state index is 13.3. The first-order valence-electron chi connectivity index (χ1n) is 9.24. The van der Waals surface area contributed by atoms with Crippen LogP contribution < -0.4 is 20.1 Å². The number of ether oxygens (including phenoxy) is 1. The lowest BCUT2D eigenvalue weighted by Crippen LogP contribution is -2.29. The molecule has 0 radical (unpaired) electrons. The highest BCUT2D eigenvalue weighted by Gasteiger charge is 2.28. The Labute approximate surface area is 169 Å². The quantitative estimate of drug-likeness (QED) is 0.577. The Morgan fingerprint density at radius 1 is 1.21 bits per heavy atom. The Hall–Kier alpha value is -2.65. The van der Waals surface area contributed by atoms with Gasteiger partial charge in [0.15, 0.2) is 0 Å². The van der Waals surface area contributed by atoms with Crippen LogP contribution in [0.2, 0.25) is 0 Å². The molecule has 2 aromatic carbocycles. The number of rotatable bonds is 9. The number of sulfonamides is 1. The SMILES string of the molecule is COc1ccc(S(=O)(=O)NC2CC2)cc1NCC(=O)NCc1ccc(F)c(C)c1. The van der Waals surface area contributed by atoms with Gasteiger partial charge in [-0.3, -0.25) is 4.79 Å². The van der Waals surface area contributed by atoms with E-state index in [4.69, 9.17) is 4.74 Å². The van der Waals surface area contributed by atoms with Crippen LogP contribution in [0, 0.1) is 12.7 Å². The molecule has 0 aliphatic heterocycles. The molecule has 0 saturated heterocycles. The summed E-state index contributed by atoms with van der Waals surface area (Å²) in [5.74, 6) is -0.157. The van der Waals surface area contributed by atoms with E-state index in [9.17, 15) is 17.6 Å². The first-order valence-corrected chi connectivity index (χ1v) is 10.7. The summed E-state index contributed by atoms with van der Waals surface area (Å²) in [5, 5.41) is 5.65. The fourth-order valence-corrected chi connectivity index (χ4v) is 4.07. The molecule has 0 unspecified atom stereocenters. The summed E-state index contributed by atoms with van der Waals surface area (Å²) < 4.78 is 46.0. The second kappa shape index (κ2) is 8.79. The summed E-state index contributed by atoms with van der Waals surface area (Å²) in [6.45, 7) is 1.85. The van der Waals surface area contributed by atoms with Gasteiger partial charge in [-0.15, -0.1) is 0 Å². The van der Waals surface area contributed by atoms with Crippen molar-refractivity contribution in [1.29, 1.82) is 0 Å². The fraction of sp³-hybridized carbons (Fsp3) is 0.350. The first kappa shape index (κ1) is 21.1. The molecule has 7 nitrogen and oxygen atoms in total. The summed E-state index contributed by atoms with van der Waals surface area (Å²) >= 11 is 0. The number of hydrogen-bond donors (Lipinski definition) is 3. The van der Waals surface area contributed by atoms with Gasteiger partial charge in [0.05, 0.1) is 24.2 Å². The van der Waals surface area contributed by atoms with Gasteiger partial charge in [-0.1, -0.05) is 12.1 Å². The van der Waals surface area contributed by atoms with Gasteiger partial charge in [-0.2, -0.15) is 0 Å². The molecule has 0 bridgehead atoms. The van der Waals surface area contributed by atoms with Gasteiger partial charge in [-0.05, 0) is 55.2 Å². The number of carbonyl (C=O) groups is 1. The Kier molecular flexibility index (Phi) is 6.39. The highest BCUT2D eigenvalue weighted by atomic mass is 32.2. The molecule has 1 saturated carbocycles. The van der Waals surface area contributed by atoms with Crippen LogP contribution in [0.1, 0.15) is 24.0 Å². The predicted octanol–water partition coefficient (Wildman–Crippen LogP) is 2.31. The topological polar surface area (TPSA) is 96.5 Å². The van der Waals surface area contributed by atoms with E-state index in [0.29, 0.717) is 17.0 Å². The zero-order valence-electron chi connectivity index (χ0n) is 16.3. The summed E-state index contributed by atoms with van der Waals surface area (Å²) in [6, 6.07) is 9.10. The van der Waals surface area contributed by atoms with Gasteiger partial charge in [0.25, 0.3) is 0 Å². The number of carbonyl (C=O) groups excluding carboxylic acids is 1. The van der Waals surface area contributed by atoms with Crippen molar-refractivity contribution in [3.05, 3.63) is 53.3 Å². The van der Waals surface area contributed by atoms with Crippen molar-refractivity contribution in [3.8, 4) is 5.75 Å². The zero-order valence-corrected chi connectivity index (χ0v) is 17.1. The van der Waals surface area contributed by atoms with E-state index in [2.05, 4.69) is 15.4 Å². The molecule has 2 aromatic rings. The van der Waals surface area contributed by atoms with Gasteiger partial charge in [0.2, 0.25) is 15.9 Å². The second-order valence-electron chi connectivity index (χ2n) is 6.97. The molecule has 29 heavy (non-hydrogen) atoms. The van der Waals surface area contributed by atoms with Crippen molar-refractivity contribution in [2.45, 2.75) is 37.2 Å². The summed E-state index contributed by atoms with van der Waals surface area (Å²) in [6.07, 6.45) is 1.68. The number of halogens is 1. The highest BCUT2D eigenvalue weighted by Crippen LogP contribution is 2.29. The average Bonchev–Trinajstić information content (AvgIpc) is 3.50. The smallest absolute Gasteiger partial charge is 0.240 e. The van der Waals surface area contributed by atoms with Crippen LogP contribution in [0.4, 0.5) is 10.1 Å². The molecule has 0 heterocycles. The first-order chi connectivity index (χ1) is 13.8. The van der Waals surface area contributed by atoms with Crippen molar-refractivity contribution in [1.82, 2.24) is 10.0 Å². The zero-order chi connectivity index (χ0) is 21.0. The minimum atomic E-state index is -3.61. The summed E-state index contributed by atoms with van der Waals surface area (Å²) in [5.41, 5.74) is 1.70.